The van der Waals surface area contributed by atoms with Crippen LogP contribution in [0.2, 0.25) is 0 Å². The summed E-state index contributed by atoms with van der Waals surface area (Å²) in [6, 6.07) is 21.8. The number of rotatable bonds is 7. The zero-order chi connectivity index (χ0) is 26.2. The molecule has 1 N–H and O–H groups in total. The number of aliphatic hydroxyl groups is 1. The van der Waals surface area contributed by atoms with Gasteiger partial charge in [-0.2, -0.15) is 0 Å². The third kappa shape index (κ3) is 6.97. The van der Waals surface area contributed by atoms with Gasteiger partial charge in [-0.05, 0) is 31.2 Å². The summed E-state index contributed by atoms with van der Waals surface area (Å²) >= 11 is 0. The molecule has 2 heterocycles. The number of pyridine rings is 1. The van der Waals surface area contributed by atoms with Crippen LogP contribution in [0.25, 0.3) is 0 Å². The summed E-state index contributed by atoms with van der Waals surface area (Å²) in [5.74, 6) is 6.48. The van der Waals surface area contributed by atoms with Crippen molar-refractivity contribution in [2.45, 2.75) is 39.0 Å². The van der Waals surface area contributed by atoms with E-state index in [1.54, 1.807) is 17.2 Å². The summed E-state index contributed by atoms with van der Waals surface area (Å²) in [5.41, 5.74) is 3.41. The van der Waals surface area contributed by atoms with Crippen LogP contribution < -0.4 is 4.74 Å². The summed E-state index contributed by atoms with van der Waals surface area (Å²) in [6.45, 7) is 5.77. The number of benzene rings is 2. The summed E-state index contributed by atoms with van der Waals surface area (Å²) < 4.78 is 6.41. The van der Waals surface area contributed by atoms with Gasteiger partial charge in [0.15, 0.2) is 0 Å². The van der Waals surface area contributed by atoms with Crippen LogP contribution in [0.3, 0.4) is 0 Å². The van der Waals surface area contributed by atoms with Gasteiger partial charge in [0.25, 0.3) is 5.91 Å². The third-order valence-electron chi connectivity index (χ3n) is 6.68. The molecular weight excluding hydrogens is 462 g/mol. The number of carbonyl (C=O) groups excluding carboxylic acids is 1. The van der Waals surface area contributed by atoms with Crippen molar-refractivity contribution < 1.29 is 14.6 Å². The van der Waals surface area contributed by atoms with Gasteiger partial charge in [0, 0.05) is 43.7 Å². The Kier molecular flexibility index (Phi) is 8.95. The summed E-state index contributed by atoms with van der Waals surface area (Å²) in [6.07, 6.45) is 2.10. The Hall–Kier alpha value is -3.66. The monoisotopic (exact) mass is 497 g/mol. The molecule has 37 heavy (non-hydrogen) atoms. The molecule has 1 aliphatic rings. The van der Waals surface area contributed by atoms with Crippen molar-refractivity contribution in [2.24, 2.45) is 5.92 Å². The van der Waals surface area contributed by atoms with E-state index in [9.17, 15) is 9.90 Å². The van der Waals surface area contributed by atoms with Gasteiger partial charge in [-0.1, -0.05) is 79.4 Å². The second kappa shape index (κ2) is 12.5. The Morgan fingerprint density at radius 1 is 1.14 bits per heavy atom. The van der Waals surface area contributed by atoms with Crippen molar-refractivity contribution in [3.05, 3.63) is 95.2 Å². The smallest absolute Gasteiger partial charge is 0.259 e. The molecule has 3 atom stereocenters. The average Bonchev–Trinajstić information content (AvgIpc) is 2.91. The number of hydrogen-bond acceptors (Lipinski definition) is 5. The number of likely N-dealkylation sites (N-methyl/N-ethyl adjacent to an activating group) is 1. The van der Waals surface area contributed by atoms with Gasteiger partial charge in [-0.15, -0.1) is 0 Å². The summed E-state index contributed by atoms with van der Waals surface area (Å²) in [5, 5.41) is 9.88. The van der Waals surface area contributed by atoms with E-state index in [0.717, 1.165) is 12.1 Å². The first kappa shape index (κ1) is 26.4. The van der Waals surface area contributed by atoms with E-state index in [4.69, 9.17) is 4.74 Å². The lowest BCUT2D eigenvalue weighted by molar-refractivity contribution is 0.0325. The molecule has 0 radical (unpaired) electrons. The van der Waals surface area contributed by atoms with E-state index in [2.05, 4.69) is 47.8 Å². The third-order valence-corrected chi connectivity index (χ3v) is 6.68. The number of fused-ring (bicyclic) bond motifs is 1. The van der Waals surface area contributed by atoms with Crippen molar-refractivity contribution in [1.82, 2.24) is 14.8 Å². The molecule has 0 saturated carbocycles. The molecule has 3 aromatic rings. The SMILES string of the molecule is C[C@@H]1CN([C@H](C)CO)C(=O)c2cc(C#CCc3ccccc3)cnc2O[C@@H]1CN(C)Cc1ccccc1. The fourth-order valence-corrected chi connectivity index (χ4v) is 4.50. The average molecular weight is 498 g/mol. The highest BCUT2D eigenvalue weighted by atomic mass is 16.5. The highest BCUT2D eigenvalue weighted by molar-refractivity contribution is 5.97. The summed E-state index contributed by atoms with van der Waals surface area (Å²) in [7, 11) is 2.07. The minimum Gasteiger partial charge on any atom is -0.472 e. The fourth-order valence-electron chi connectivity index (χ4n) is 4.50. The van der Waals surface area contributed by atoms with E-state index in [1.165, 1.54) is 5.56 Å². The zero-order valence-electron chi connectivity index (χ0n) is 21.8. The second-order valence-corrected chi connectivity index (χ2v) is 9.85. The second-order valence-electron chi connectivity index (χ2n) is 9.85. The Labute approximate surface area is 219 Å². The Morgan fingerprint density at radius 3 is 2.49 bits per heavy atom. The lowest BCUT2D eigenvalue weighted by atomic mass is 9.99. The number of hydrogen-bond donors (Lipinski definition) is 1. The van der Waals surface area contributed by atoms with E-state index >= 15 is 0 Å². The number of amides is 1. The van der Waals surface area contributed by atoms with Crippen LogP contribution >= 0.6 is 0 Å². The highest BCUT2D eigenvalue weighted by Gasteiger charge is 2.34. The summed E-state index contributed by atoms with van der Waals surface area (Å²) in [4.78, 5) is 22.1. The lowest BCUT2D eigenvalue weighted by Crippen LogP contribution is -2.49. The predicted octanol–water partition coefficient (Wildman–Crippen LogP) is 4.03. The molecule has 0 aliphatic carbocycles. The van der Waals surface area contributed by atoms with Gasteiger partial charge >= 0.3 is 0 Å². The molecule has 1 aromatic heterocycles. The zero-order valence-corrected chi connectivity index (χ0v) is 21.8. The van der Waals surface area contributed by atoms with Crippen LogP contribution in [0.5, 0.6) is 5.88 Å². The highest BCUT2D eigenvalue weighted by Crippen LogP contribution is 2.27. The van der Waals surface area contributed by atoms with Crippen LogP contribution in [0.1, 0.15) is 40.9 Å². The molecule has 0 bridgehead atoms. The Bertz CT molecular complexity index is 1240. The minimum absolute atomic E-state index is 0.0384. The van der Waals surface area contributed by atoms with Crippen molar-refractivity contribution >= 4 is 5.91 Å². The van der Waals surface area contributed by atoms with E-state index in [-0.39, 0.29) is 30.6 Å². The molecule has 6 nitrogen and oxygen atoms in total. The largest absolute Gasteiger partial charge is 0.472 e. The molecular formula is C31H35N3O3. The van der Waals surface area contributed by atoms with E-state index in [0.29, 0.717) is 36.5 Å². The van der Waals surface area contributed by atoms with Crippen molar-refractivity contribution in [2.75, 3.05) is 26.7 Å². The quantitative estimate of drug-likeness (QED) is 0.500. The molecule has 0 unspecified atom stereocenters. The molecule has 192 valence electrons. The maximum atomic E-state index is 13.6. The molecule has 0 fully saturated rings. The topological polar surface area (TPSA) is 65.9 Å². The van der Waals surface area contributed by atoms with Gasteiger partial charge < -0.3 is 14.7 Å². The number of aliphatic hydroxyl groups excluding tert-OH is 1. The molecule has 0 saturated heterocycles. The van der Waals surface area contributed by atoms with Gasteiger partial charge in [0.2, 0.25) is 5.88 Å². The first-order valence-electron chi connectivity index (χ1n) is 12.8. The molecule has 1 aliphatic heterocycles. The first-order chi connectivity index (χ1) is 17.9. The van der Waals surface area contributed by atoms with Crippen LogP contribution in [0, 0.1) is 17.8 Å². The normalized spacial score (nSPS) is 18.2. The van der Waals surface area contributed by atoms with Gasteiger partial charge in [0.05, 0.1) is 12.6 Å². The maximum Gasteiger partial charge on any atom is 0.259 e. The fraction of sp³-hybridized carbons (Fsp3) is 0.355. The number of aromatic nitrogens is 1. The Balaban J connectivity index is 1.59. The number of carbonyl (C=O) groups is 1. The van der Waals surface area contributed by atoms with E-state index < -0.39 is 0 Å². The maximum absolute atomic E-state index is 13.6. The van der Waals surface area contributed by atoms with Gasteiger partial charge in [0.1, 0.15) is 11.7 Å². The number of ether oxygens (including phenoxy) is 1. The molecule has 4 rings (SSSR count). The van der Waals surface area contributed by atoms with Crippen LogP contribution in [0.4, 0.5) is 0 Å². The molecule has 1 amide bonds. The minimum atomic E-state index is -0.323. The van der Waals surface area contributed by atoms with Crippen molar-refractivity contribution in [3.8, 4) is 17.7 Å². The van der Waals surface area contributed by atoms with Gasteiger partial charge in [-0.25, -0.2) is 4.98 Å². The Morgan fingerprint density at radius 2 is 1.81 bits per heavy atom. The molecule has 2 aromatic carbocycles. The lowest BCUT2D eigenvalue weighted by Gasteiger charge is -2.37. The van der Waals surface area contributed by atoms with Crippen LogP contribution in [-0.4, -0.2) is 64.7 Å². The standard InChI is InChI=1S/C31H35N3O3/c1-23-19-34(24(2)22-35)31(36)28-17-27(16-10-15-25-11-6-4-7-12-25)18-32-30(28)37-29(23)21-33(3)20-26-13-8-5-9-14-26/h4-9,11-14,17-18,23-24,29,35H,15,19-22H2,1-3H3/t23-,24-,29-/m1/s1. The van der Waals surface area contributed by atoms with Gasteiger partial charge in [-0.3, -0.25) is 9.69 Å². The van der Waals surface area contributed by atoms with Crippen molar-refractivity contribution in [1.29, 1.82) is 0 Å². The number of nitrogens with zero attached hydrogens (tertiary/aromatic N) is 3. The van der Waals surface area contributed by atoms with E-state index in [1.807, 2.05) is 55.5 Å². The predicted molar refractivity (Wildman–Crippen MR) is 145 cm³/mol. The van der Waals surface area contributed by atoms with Crippen LogP contribution in [-0.2, 0) is 13.0 Å². The first-order valence-corrected chi connectivity index (χ1v) is 12.8. The van der Waals surface area contributed by atoms with Crippen LogP contribution in [0.15, 0.2) is 72.9 Å². The molecule has 6 heteroatoms. The van der Waals surface area contributed by atoms with Crippen molar-refractivity contribution in [3.63, 3.8) is 0 Å². The molecule has 0 spiro atoms.